The molecule has 0 saturated carbocycles. The highest BCUT2D eigenvalue weighted by molar-refractivity contribution is 8.00. The molecule has 2 amide bonds. The lowest BCUT2D eigenvalue weighted by Gasteiger charge is -2.27. The van der Waals surface area contributed by atoms with E-state index in [0.717, 1.165) is 54.9 Å². The zero-order chi connectivity index (χ0) is 24.1. The normalized spacial score (nSPS) is 14.6. The first-order chi connectivity index (χ1) is 16.4. The molecule has 3 aromatic rings. The second kappa shape index (κ2) is 10.9. The molecule has 1 saturated heterocycles. The van der Waals surface area contributed by atoms with E-state index in [-0.39, 0.29) is 24.2 Å². The van der Waals surface area contributed by atoms with Crippen molar-refractivity contribution in [1.29, 1.82) is 0 Å². The van der Waals surface area contributed by atoms with Crippen molar-refractivity contribution in [2.75, 3.05) is 18.4 Å². The van der Waals surface area contributed by atoms with Crippen molar-refractivity contribution >= 4 is 29.3 Å². The number of carbonyl (C=O) groups is 2. The number of nitrogens with one attached hydrogen (secondary N) is 1. The SMILES string of the molecule is Cc1ccccc1NC(=O)C(C)Sc1ncc(-c2ccc(F)cc2)n1CC(=O)N1CCCCC1. The van der Waals surface area contributed by atoms with Crippen LogP contribution in [0.4, 0.5) is 10.1 Å². The summed E-state index contributed by atoms with van der Waals surface area (Å²) < 4.78 is 15.3. The van der Waals surface area contributed by atoms with Crippen LogP contribution in [0.2, 0.25) is 0 Å². The van der Waals surface area contributed by atoms with Gasteiger partial charge in [0.25, 0.3) is 0 Å². The van der Waals surface area contributed by atoms with Crippen molar-refractivity contribution in [3.8, 4) is 11.3 Å². The minimum absolute atomic E-state index is 0.0277. The van der Waals surface area contributed by atoms with Crippen LogP contribution >= 0.6 is 11.8 Å². The molecule has 1 aliphatic heterocycles. The Kier molecular flexibility index (Phi) is 7.67. The number of likely N-dealkylation sites (tertiary alicyclic amines) is 1. The summed E-state index contributed by atoms with van der Waals surface area (Å²) in [5.41, 5.74) is 3.25. The highest BCUT2D eigenvalue weighted by Crippen LogP contribution is 2.30. The number of nitrogens with zero attached hydrogens (tertiary/aromatic N) is 3. The molecule has 2 aromatic carbocycles. The number of hydrogen-bond donors (Lipinski definition) is 1. The van der Waals surface area contributed by atoms with Crippen molar-refractivity contribution in [1.82, 2.24) is 14.5 Å². The largest absolute Gasteiger partial charge is 0.341 e. The van der Waals surface area contributed by atoms with E-state index in [1.54, 1.807) is 18.3 Å². The molecule has 0 bridgehead atoms. The van der Waals surface area contributed by atoms with E-state index in [1.807, 2.05) is 47.6 Å². The van der Waals surface area contributed by atoms with Gasteiger partial charge in [-0.25, -0.2) is 9.37 Å². The molecule has 6 nitrogen and oxygen atoms in total. The van der Waals surface area contributed by atoms with Crippen LogP contribution in [0.3, 0.4) is 0 Å². The number of carbonyl (C=O) groups excluding carboxylic acids is 2. The van der Waals surface area contributed by atoms with Gasteiger partial charge in [0.1, 0.15) is 12.4 Å². The number of imidazole rings is 1. The number of piperidine rings is 1. The fourth-order valence-electron chi connectivity index (χ4n) is 3.99. The standard InChI is InChI=1S/C26H29FN4O2S/c1-18-8-4-5-9-22(18)29-25(33)19(2)34-26-28-16-23(20-10-12-21(27)13-11-20)31(26)17-24(32)30-14-6-3-7-15-30/h4-5,8-13,16,19H,3,6-7,14-15,17H2,1-2H3,(H,29,33). The van der Waals surface area contributed by atoms with Crippen molar-refractivity contribution in [2.24, 2.45) is 0 Å². The van der Waals surface area contributed by atoms with Crippen LogP contribution in [-0.2, 0) is 16.1 Å². The fourth-order valence-corrected chi connectivity index (χ4v) is 4.88. The average molecular weight is 481 g/mol. The van der Waals surface area contributed by atoms with Gasteiger partial charge < -0.3 is 14.8 Å². The molecule has 1 fully saturated rings. The van der Waals surface area contributed by atoms with Crippen molar-refractivity contribution in [2.45, 2.75) is 50.1 Å². The molecule has 1 aliphatic rings. The lowest BCUT2D eigenvalue weighted by Crippen LogP contribution is -2.38. The van der Waals surface area contributed by atoms with Crippen LogP contribution in [0.5, 0.6) is 0 Å². The number of anilines is 1. The first-order valence-corrected chi connectivity index (χ1v) is 12.4. The van der Waals surface area contributed by atoms with Gasteiger partial charge in [-0.05, 0) is 74.6 Å². The Morgan fingerprint density at radius 2 is 1.79 bits per heavy atom. The molecule has 0 aliphatic carbocycles. The number of amides is 2. The van der Waals surface area contributed by atoms with Crippen LogP contribution in [0.1, 0.15) is 31.7 Å². The van der Waals surface area contributed by atoms with Crippen molar-refractivity contribution < 1.29 is 14.0 Å². The Morgan fingerprint density at radius 1 is 1.09 bits per heavy atom. The summed E-state index contributed by atoms with van der Waals surface area (Å²) in [6.45, 7) is 5.41. The zero-order valence-electron chi connectivity index (χ0n) is 19.5. The average Bonchev–Trinajstić information content (AvgIpc) is 3.23. The molecule has 1 unspecified atom stereocenters. The minimum atomic E-state index is -0.438. The highest BCUT2D eigenvalue weighted by atomic mass is 32.2. The molecular formula is C26H29FN4O2S. The monoisotopic (exact) mass is 480 g/mol. The maximum Gasteiger partial charge on any atom is 0.242 e. The summed E-state index contributed by atoms with van der Waals surface area (Å²) in [6.07, 6.45) is 4.85. The number of rotatable bonds is 7. The first kappa shape index (κ1) is 24.0. The van der Waals surface area contributed by atoms with E-state index in [4.69, 9.17) is 0 Å². The number of para-hydroxylation sites is 1. The van der Waals surface area contributed by atoms with Gasteiger partial charge >= 0.3 is 0 Å². The topological polar surface area (TPSA) is 67.2 Å². The smallest absolute Gasteiger partial charge is 0.242 e. The van der Waals surface area contributed by atoms with E-state index >= 15 is 0 Å². The molecular weight excluding hydrogens is 451 g/mol. The van der Waals surface area contributed by atoms with E-state index in [0.29, 0.717) is 5.16 Å². The van der Waals surface area contributed by atoms with Gasteiger partial charge in [0.2, 0.25) is 11.8 Å². The molecule has 2 heterocycles. The van der Waals surface area contributed by atoms with Crippen LogP contribution in [0.15, 0.2) is 59.9 Å². The summed E-state index contributed by atoms with van der Waals surface area (Å²) in [5.74, 6) is -0.435. The number of aryl methyl sites for hydroxylation is 1. The predicted molar refractivity (Wildman–Crippen MR) is 133 cm³/mol. The predicted octanol–water partition coefficient (Wildman–Crippen LogP) is 5.13. The van der Waals surface area contributed by atoms with Crippen molar-refractivity contribution in [3.05, 3.63) is 66.1 Å². The van der Waals surface area contributed by atoms with Crippen molar-refractivity contribution in [3.63, 3.8) is 0 Å². The molecule has 0 spiro atoms. The highest BCUT2D eigenvalue weighted by Gasteiger charge is 2.24. The number of benzene rings is 2. The third-order valence-corrected chi connectivity index (χ3v) is 7.12. The molecule has 178 valence electrons. The molecule has 1 aromatic heterocycles. The number of aromatic nitrogens is 2. The van der Waals surface area contributed by atoms with Crippen LogP contribution < -0.4 is 5.32 Å². The quantitative estimate of drug-likeness (QED) is 0.476. The van der Waals surface area contributed by atoms with Gasteiger partial charge in [0.15, 0.2) is 5.16 Å². The molecule has 4 rings (SSSR count). The molecule has 1 atom stereocenters. The lowest BCUT2D eigenvalue weighted by molar-refractivity contribution is -0.132. The summed E-state index contributed by atoms with van der Waals surface area (Å²) in [4.78, 5) is 32.4. The first-order valence-electron chi connectivity index (χ1n) is 11.5. The Hall–Kier alpha value is -3.13. The summed E-state index contributed by atoms with van der Waals surface area (Å²) in [6, 6.07) is 13.8. The van der Waals surface area contributed by atoms with Gasteiger partial charge in [0.05, 0.1) is 17.1 Å². The molecule has 1 N–H and O–H groups in total. The minimum Gasteiger partial charge on any atom is -0.341 e. The third kappa shape index (κ3) is 5.67. The second-order valence-corrected chi connectivity index (χ2v) is 9.83. The van der Waals surface area contributed by atoms with Crippen LogP contribution in [0.25, 0.3) is 11.3 Å². The number of halogens is 1. The van der Waals surface area contributed by atoms with E-state index < -0.39 is 5.25 Å². The number of thioether (sulfide) groups is 1. The number of hydrogen-bond acceptors (Lipinski definition) is 4. The molecule has 34 heavy (non-hydrogen) atoms. The summed E-state index contributed by atoms with van der Waals surface area (Å²) >= 11 is 1.31. The third-order valence-electron chi connectivity index (χ3n) is 6.02. The maximum atomic E-state index is 13.5. The van der Waals surface area contributed by atoms with E-state index in [1.165, 1.54) is 23.9 Å². The summed E-state index contributed by atoms with van der Waals surface area (Å²) in [7, 11) is 0. The second-order valence-electron chi connectivity index (χ2n) is 8.52. The van der Waals surface area contributed by atoms with E-state index in [9.17, 15) is 14.0 Å². The zero-order valence-corrected chi connectivity index (χ0v) is 20.3. The molecule has 8 heteroatoms. The Balaban J connectivity index is 1.57. The van der Waals surface area contributed by atoms with Gasteiger partial charge in [0, 0.05) is 18.8 Å². The van der Waals surface area contributed by atoms with Gasteiger partial charge in [-0.2, -0.15) is 0 Å². The van der Waals surface area contributed by atoms with E-state index in [2.05, 4.69) is 10.3 Å². The van der Waals surface area contributed by atoms with Gasteiger partial charge in [-0.15, -0.1) is 0 Å². The molecule has 0 radical (unpaired) electrons. The van der Waals surface area contributed by atoms with Gasteiger partial charge in [-0.3, -0.25) is 9.59 Å². The van der Waals surface area contributed by atoms with Crippen LogP contribution in [-0.4, -0.2) is 44.6 Å². The fraction of sp³-hybridized carbons (Fsp3) is 0.346. The Bertz CT molecular complexity index is 1160. The summed E-state index contributed by atoms with van der Waals surface area (Å²) in [5, 5.41) is 3.12. The lowest BCUT2D eigenvalue weighted by atomic mass is 10.1. The Labute approximate surface area is 203 Å². The van der Waals surface area contributed by atoms with Gasteiger partial charge in [-0.1, -0.05) is 30.0 Å². The Morgan fingerprint density at radius 3 is 2.50 bits per heavy atom. The van der Waals surface area contributed by atoms with Crippen LogP contribution in [0, 0.1) is 12.7 Å². The maximum absolute atomic E-state index is 13.5.